The third kappa shape index (κ3) is 589000. The zero-order chi connectivity index (χ0) is 11.7. The summed E-state index contributed by atoms with van der Waals surface area (Å²) >= 11 is 0. The average molecular weight is 240 g/mol. The first kappa shape index (κ1) is 23.7. The largest absolute Gasteiger partial charge is 1.00 e. The molecule has 0 heterocycles. The van der Waals surface area contributed by atoms with Crippen molar-refractivity contribution in [3.05, 3.63) is 0 Å². The van der Waals surface area contributed by atoms with Crippen LogP contribution in [0.25, 0.3) is 0 Å². The average Bonchev–Trinajstić information content (AvgIpc) is 1.50. The van der Waals surface area contributed by atoms with Gasteiger partial charge in [0.25, 0.3) is 5.97 Å². The van der Waals surface area contributed by atoms with Crippen molar-refractivity contribution in [3.8, 4) is 0 Å². The van der Waals surface area contributed by atoms with E-state index in [1.165, 1.54) is 0 Å². The van der Waals surface area contributed by atoms with Crippen molar-refractivity contribution in [1.29, 1.82) is 0 Å². The minimum absolute atomic E-state index is 0. The molecule has 14 heavy (non-hydrogen) atoms. The summed E-state index contributed by atoms with van der Waals surface area (Å²) in [5.74, 6) is -1.92. The quantitative estimate of drug-likeness (QED) is 0.242. The van der Waals surface area contributed by atoms with Crippen LogP contribution in [0.5, 0.6) is 0 Å². The number of hydrogen-bond acceptors (Lipinski definition) is 4. The summed E-state index contributed by atoms with van der Waals surface area (Å²) in [5, 5.41) is 16.3. The molecule has 0 aliphatic rings. The Morgan fingerprint density at radius 2 is 1.14 bits per heavy atom. The van der Waals surface area contributed by atoms with Crippen LogP contribution in [0.2, 0.25) is 0 Å². The Balaban J connectivity index is -0.0000000522. The zero-order valence-electron chi connectivity index (χ0n) is 7.87. The molecule has 10 heteroatoms. The minimum atomic E-state index is -4.64. The first-order chi connectivity index (χ1) is 5.46. The second kappa shape index (κ2) is 13.1. The molecular weight excluding hydrogens is 230 g/mol. The number of carbonyl (C=O) groups excluding carboxylic acids is 1. The Morgan fingerprint density at radius 1 is 1.14 bits per heavy atom. The molecule has 0 aliphatic carbocycles. The Morgan fingerprint density at radius 3 is 1.14 bits per heavy atom. The fourth-order valence-electron chi connectivity index (χ4n) is 0. The van der Waals surface area contributed by atoms with Gasteiger partial charge in [-0.15, -0.1) is 0 Å². The molecule has 0 aliphatic heterocycles. The standard InChI is InChI=1S/2C2H4O2.Na.H3O4P/c2*1-2(3)4;;1-5(2,3)4/h2*1H3,(H,3,4);;(H3,1,2,3,4)/q;;+1;/p-1. The Labute approximate surface area is 102 Å². The SMILES string of the molecule is CC(=O)O.CC(=O)[O-].O=P(O)(O)O.[Na+]. The van der Waals surface area contributed by atoms with Gasteiger partial charge < -0.3 is 29.7 Å². The smallest absolute Gasteiger partial charge is 0.550 e. The van der Waals surface area contributed by atoms with Crippen LogP contribution in [-0.2, 0) is 14.2 Å². The number of carbonyl (C=O) groups is 2. The fraction of sp³-hybridized carbons (Fsp3) is 0.500. The van der Waals surface area contributed by atoms with Crippen molar-refractivity contribution in [3.63, 3.8) is 0 Å². The van der Waals surface area contributed by atoms with E-state index in [9.17, 15) is 0 Å². The molecule has 0 rings (SSSR count). The molecule has 0 amide bonds. The van der Waals surface area contributed by atoms with Crippen LogP contribution >= 0.6 is 7.82 Å². The van der Waals surface area contributed by atoms with E-state index in [2.05, 4.69) is 0 Å². The third-order valence-electron chi connectivity index (χ3n) is 0. The molecule has 80 valence electrons. The predicted octanol–water partition coefficient (Wildman–Crippen LogP) is -5.08. The number of carboxylic acids is 2. The molecule has 0 atom stereocenters. The summed E-state index contributed by atoms with van der Waals surface area (Å²) in [4.78, 5) is 39.5. The van der Waals surface area contributed by atoms with Gasteiger partial charge in [0.05, 0.1) is 0 Å². The van der Waals surface area contributed by atoms with Gasteiger partial charge in [-0.2, -0.15) is 0 Å². The molecule has 0 fully saturated rings. The molecule has 0 aromatic carbocycles. The first-order valence-corrected chi connectivity index (χ1v) is 4.18. The van der Waals surface area contributed by atoms with Crippen molar-refractivity contribution in [2.45, 2.75) is 13.8 Å². The normalized spacial score (nSPS) is 7.79. The van der Waals surface area contributed by atoms with Crippen molar-refractivity contribution < 1.29 is 68.6 Å². The predicted molar refractivity (Wildman–Crippen MR) is 38.3 cm³/mol. The number of phosphoric acid groups is 1. The number of carboxylic acid groups (broad SMARTS) is 2. The molecule has 0 radical (unpaired) electrons. The minimum Gasteiger partial charge on any atom is -0.550 e. The second-order valence-corrected chi connectivity index (χ2v) is 2.55. The van der Waals surface area contributed by atoms with Gasteiger partial charge in [0.15, 0.2) is 0 Å². The number of hydrogen-bond donors (Lipinski definition) is 4. The van der Waals surface area contributed by atoms with Gasteiger partial charge in [0.1, 0.15) is 0 Å². The second-order valence-electron chi connectivity index (χ2n) is 1.52. The molecule has 4 N–H and O–H groups in total. The van der Waals surface area contributed by atoms with Crippen LogP contribution in [0.3, 0.4) is 0 Å². The Hall–Kier alpha value is 0.0500. The van der Waals surface area contributed by atoms with E-state index in [0.29, 0.717) is 0 Å². The molecule has 0 saturated carbocycles. The molecule has 8 nitrogen and oxygen atoms in total. The van der Waals surface area contributed by atoms with E-state index >= 15 is 0 Å². The first-order valence-electron chi connectivity index (χ1n) is 2.62. The maximum absolute atomic E-state index is 9.00. The van der Waals surface area contributed by atoms with Crippen LogP contribution in [0.4, 0.5) is 0 Å². The molecule has 0 spiro atoms. The zero-order valence-corrected chi connectivity index (χ0v) is 10.8. The van der Waals surface area contributed by atoms with Gasteiger partial charge in [-0.25, -0.2) is 4.57 Å². The van der Waals surface area contributed by atoms with E-state index in [1.807, 2.05) is 0 Å². The van der Waals surface area contributed by atoms with E-state index < -0.39 is 19.8 Å². The topological polar surface area (TPSA) is 155 Å². The van der Waals surface area contributed by atoms with Gasteiger partial charge in [0.2, 0.25) is 0 Å². The van der Waals surface area contributed by atoms with Crippen LogP contribution < -0.4 is 34.7 Å². The van der Waals surface area contributed by atoms with E-state index in [0.717, 1.165) is 13.8 Å². The van der Waals surface area contributed by atoms with Crippen LogP contribution in [0, 0.1) is 0 Å². The molecule has 0 aromatic heterocycles. The van der Waals surface area contributed by atoms with Gasteiger partial charge in [-0.3, -0.25) is 4.79 Å². The summed E-state index contributed by atoms with van der Waals surface area (Å²) in [6, 6.07) is 0. The van der Waals surface area contributed by atoms with Crippen molar-refractivity contribution in [1.82, 2.24) is 0 Å². The maximum atomic E-state index is 9.00. The van der Waals surface area contributed by atoms with Crippen LogP contribution in [0.1, 0.15) is 13.8 Å². The fourth-order valence-corrected chi connectivity index (χ4v) is 0. The van der Waals surface area contributed by atoms with E-state index in [4.69, 9.17) is 39.0 Å². The summed E-state index contributed by atoms with van der Waals surface area (Å²) < 4.78 is 8.88. The van der Waals surface area contributed by atoms with Crippen molar-refractivity contribution in [2.75, 3.05) is 0 Å². The van der Waals surface area contributed by atoms with Crippen molar-refractivity contribution in [2.24, 2.45) is 0 Å². The van der Waals surface area contributed by atoms with Gasteiger partial charge in [-0.1, -0.05) is 0 Å². The third-order valence-corrected chi connectivity index (χ3v) is 0. The van der Waals surface area contributed by atoms with Gasteiger partial charge in [0, 0.05) is 12.9 Å². The Bertz CT molecular complexity index is 169. The van der Waals surface area contributed by atoms with Crippen LogP contribution in [-0.4, -0.2) is 31.7 Å². The van der Waals surface area contributed by atoms with E-state index in [-0.39, 0.29) is 29.6 Å². The molecule has 0 bridgehead atoms. The molecule has 0 aromatic rings. The summed E-state index contributed by atoms with van der Waals surface area (Å²) in [7, 11) is -4.64. The Kier molecular flexibility index (Phi) is 22.1. The molecular formula is C4H10NaO8P. The summed E-state index contributed by atoms with van der Waals surface area (Å²) in [6.07, 6.45) is 0. The summed E-state index contributed by atoms with van der Waals surface area (Å²) in [5.41, 5.74) is 0. The van der Waals surface area contributed by atoms with Gasteiger partial charge >= 0.3 is 37.4 Å². The number of rotatable bonds is 0. The maximum Gasteiger partial charge on any atom is 1.00 e. The monoisotopic (exact) mass is 240 g/mol. The van der Waals surface area contributed by atoms with Crippen molar-refractivity contribution >= 4 is 19.8 Å². The van der Waals surface area contributed by atoms with E-state index in [1.54, 1.807) is 0 Å². The van der Waals surface area contributed by atoms with Crippen LogP contribution in [0.15, 0.2) is 0 Å². The number of aliphatic carboxylic acids is 2. The van der Waals surface area contributed by atoms with Gasteiger partial charge in [-0.05, 0) is 6.92 Å². The molecule has 0 saturated heterocycles. The molecule has 0 unspecified atom stereocenters. The summed E-state index contributed by atoms with van der Waals surface area (Å²) in [6.45, 7) is 2.06.